The average molecular weight is 548 g/mol. The van der Waals surface area contributed by atoms with E-state index >= 15 is 0 Å². The smallest absolute Gasteiger partial charge is 0.193 e. The third-order valence-corrected chi connectivity index (χ3v) is 6.65. The van der Waals surface area contributed by atoms with E-state index in [0.29, 0.717) is 29.7 Å². The first-order chi connectivity index (χ1) is 13.7. The number of nitrogens with one attached hydrogen (secondary N) is 1. The lowest BCUT2D eigenvalue weighted by molar-refractivity contribution is 0.457. The summed E-state index contributed by atoms with van der Waals surface area (Å²) in [6.45, 7) is 6.87. The number of hydrogen-bond acceptors (Lipinski definition) is 4. The van der Waals surface area contributed by atoms with Crippen LogP contribution in [0.4, 0.5) is 0 Å². The maximum atomic E-state index is 12.8. The highest BCUT2D eigenvalue weighted by molar-refractivity contribution is 14.0. The summed E-state index contributed by atoms with van der Waals surface area (Å²) >= 11 is 0. The van der Waals surface area contributed by atoms with Crippen LogP contribution in [0, 0.1) is 0 Å². The first kappa shape index (κ1) is 26.4. The lowest BCUT2D eigenvalue weighted by Gasteiger charge is -2.26. The topological polar surface area (TPSA) is 79.6 Å². The number of sulfone groups is 1. The quantitative estimate of drug-likeness (QED) is 0.311. The zero-order valence-electron chi connectivity index (χ0n) is 18.7. The second-order valence-corrected chi connectivity index (χ2v) is 9.65. The van der Waals surface area contributed by atoms with Gasteiger partial charge in [-0.15, -0.1) is 24.0 Å². The van der Waals surface area contributed by atoms with Crippen molar-refractivity contribution in [2.24, 2.45) is 12.0 Å². The highest BCUT2D eigenvalue weighted by atomic mass is 127. The number of halogens is 1. The van der Waals surface area contributed by atoms with Crippen molar-refractivity contribution in [2.75, 3.05) is 19.8 Å². The van der Waals surface area contributed by atoms with Gasteiger partial charge in [-0.05, 0) is 24.5 Å². The van der Waals surface area contributed by atoms with Gasteiger partial charge in [0.25, 0.3) is 0 Å². The molecule has 0 fully saturated rings. The summed E-state index contributed by atoms with van der Waals surface area (Å²) in [5.74, 6) is 1.01. The number of nitrogens with zero attached hydrogens (tertiary/aromatic N) is 4. The Balaban J connectivity index is 0.00000450. The van der Waals surface area contributed by atoms with Gasteiger partial charge in [-0.1, -0.05) is 39.0 Å². The molecule has 1 atom stereocenters. The monoisotopic (exact) mass is 547 g/mol. The molecule has 0 spiro atoms. The standard InChI is InChI=1S/C21H33N5O2S.HI/c1-7-18(15-29(27,28)19-11-9-8-10-12-19)23-21(22-4)25(5)13-17-14-26(6)24-20(17)16(2)3;/h8-12,14,16,18H,7,13,15H2,1-6H3,(H,22,23);1H. The van der Waals surface area contributed by atoms with E-state index in [0.717, 1.165) is 11.3 Å². The highest BCUT2D eigenvalue weighted by Crippen LogP contribution is 2.19. The van der Waals surface area contributed by atoms with E-state index in [1.807, 2.05) is 42.9 Å². The lowest BCUT2D eigenvalue weighted by Crippen LogP contribution is -2.46. The fraction of sp³-hybridized carbons (Fsp3) is 0.524. The molecule has 0 saturated carbocycles. The number of aryl methyl sites for hydroxylation is 1. The van der Waals surface area contributed by atoms with Crippen molar-refractivity contribution in [1.29, 1.82) is 0 Å². The van der Waals surface area contributed by atoms with Gasteiger partial charge in [-0.2, -0.15) is 5.10 Å². The van der Waals surface area contributed by atoms with Crippen LogP contribution in [-0.4, -0.2) is 54.9 Å². The maximum Gasteiger partial charge on any atom is 0.193 e. The van der Waals surface area contributed by atoms with Crippen LogP contribution >= 0.6 is 24.0 Å². The Kier molecular flexibility index (Phi) is 10.3. The van der Waals surface area contributed by atoms with Crippen LogP contribution in [0.1, 0.15) is 44.4 Å². The molecule has 9 heteroatoms. The van der Waals surface area contributed by atoms with Gasteiger partial charge in [-0.3, -0.25) is 9.67 Å². The van der Waals surface area contributed by atoms with E-state index in [1.165, 1.54) is 0 Å². The summed E-state index contributed by atoms with van der Waals surface area (Å²) < 4.78 is 27.3. The molecule has 0 amide bonds. The van der Waals surface area contributed by atoms with E-state index in [2.05, 4.69) is 29.3 Å². The van der Waals surface area contributed by atoms with Crippen LogP contribution in [0.25, 0.3) is 0 Å². The molecular weight excluding hydrogens is 513 g/mol. The Morgan fingerprint density at radius 2 is 1.90 bits per heavy atom. The maximum absolute atomic E-state index is 12.8. The van der Waals surface area contributed by atoms with Gasteiger partial charge >= 0.3 is 0 Å². The van der Waals surface area contributed by atoms with E-state index in [4.69, 9.17) is 0 Å². The molecule has 2 rings (SSSR count). The van der Waals surface area contributed by atoms with E-state index in [1.54, 1.807) is 31.3 Å². The highest BCUT2D eigenvalue weighted by Gasteiger charge is 2.22. The minimum atomic E-state index is -3.37. The molecular formula is C21H34IN5O2S. The summed E-state index contributed by atoms with van der Waals surface area (Å²) in [6.07, 6.45) is 2.69. The van der Waals surface area contributed by atoms with Crippen molar-refractivity contribution in [2.45, 2.75) is 50.6 Å². The molecule has 1 aromatic heterocycles. The van der Waals surface area contributed by atoms with Crippen LogP contribution < -0.4 is 5.32 Å². The SMILES string of the molecule is CCC(CS(=O)(=O)c1ccccc1)NC(=NC)N(C)Cc1cn(C)nc1C(C)C.I. The van der Waals surface area contributed by atoms with Gasteiger partial charge in [0, 0.05) is 45.5 Å². The Labute approximate surface area is 197 Å². The summed E-state index contributed by atoms with van der Waals surface area (Å²) in [4.78, 5) is 6.71. The Bertz CT molecular complexity index is 926. The molecule has 2 aromatic rings. The number of aromatic nitrogens is 2. The molecule has 7 nitrogen and oxygen atoms in total. The number of rotatable bonds is 8. The molecule has 0 aliphatic rings. The van der Waals surface area contributed by atoms with Crippen molar-refractivity contribution < 1.29 is 8.42 Å². The number of guanidine groups is 1. The summed E-state index contributed by atoms with van der Waals surface area (Å²) in [5, 5.41) is 7.88. The van der Waals surface area contributed by atoms with Crippen LogP contribution in [0.3, 0.4) is 0 Å². The minimum Gasteiger partial charge on any atom is -0.352 e. The van der Waals surface area contributed by atoms with Gasteiger partial charge in [0.05, 0.1) is 16.3 Å². The Hall–Kier alpha value is -1.62. The first-order valence-electron chi connectivity index (χ1n) is 9.92. The zero-order valence-corrected chi connectivity index (χ0v) is 21.8. The van der Waals surface area contributed by atoms with Crippen molar-refractivity contribution >= 4 is 39.8 Å². The predicted molar refractivity (Wildman–Crippen MR) is 133 cm³/mol. The first-order valence-corrected chi connectivity index (χ1v) is 11.6. The number of benzene rings is 1. The molecule has 0 aliphatic carbocycles. The fourth-order valence-electron chi connectivity index (χ4n) is 3.27. The van der Waals surface area contributed by atoms with E-state index < -0.39 is 9.84 Å². The number of aliphatic imine (C=N–C) groups is 1. The van der Waals surface area contributed by atoms with Gasteiger partial charge < -0.3 is 10.2 Å². The lowest BCUT2D eigenvalue weighted by atomic mass is 10.1. The third-order valence-electron chi connectivity index (χ3n) is 4.81. The minimum absolute atomic E-state index is 0. The van der Waals surface area contributed by atoms with E-state index in [-0.39, 0.29) is 35.8 Å². The normalized spacial score (nSPS) is 13.1. The van der Waals surface area contributed by atoms with Gasteiger partial charge in [0.2, 0.25) is 0 Å². The van der Waals surface area contributed by atoms with Crippen molar-refractivity contribution in [1.82, 2.24) is 20.0 Å². The van der Waals surface area contributed by atoms with Crippen molar-refractivity contribution in [3.63, 3.8) is 0 Å². The molecule has 0 bridgehead atoms. The van der Waals surface area contributed by atoms with Crippen LogP contribution in [0.2, 0.25) is 0 Å². The van der Waals surface area contributed by atoms with Gasteiger partial charge in [0.1, 0.15) is 0 Å². The summed E-state index contributed by atoms with van der Waals surface area (Å²) in [5.41, 5.74) is 2.20. The van der Waals surface area contributed by atoms with Gasteiger partial charge in [-0.25, -0.2) is 8.42 Å². The molecule has 1 aromatic carbocycles. The van der Waals surface area contributed by atoms with Gasteiger partial charge in [0.15, 0.2) is 15.8 Å². The van der Waals surface area contributed by atoms with Crippen molar-refractivity contribution in [3.8, 4) is 0 Å². The van der Waals surface area contributed by atoms with Crippen LogP contribution in [0.15, 0.2) is 46.4 Å². The second-order valence-electron chi connectivity index (χ2n) is 7.62. The molecule has 1 heterocycles. The second kappa shape index (κ2) is 11.7. The average Bonchev–Trinajstić information content (AvgIpc) is 3.05. The van der Waals surface area contributed by atoms with Crippen LogP contribution in [-0.2, 0) is 23.4 Å². The molecule has 168 valence electrons. The zero-order chi connectivity index (χ0) is 21.6. The summed E-state index contributed by atoms with van der Waals surface area (Å²) in [6, 6.07) is 8.34. The molecule has 30 heavy (non-hydrogen) atoms. The molecule has 0 radical (unpaired) electrons. The number of hydrogen-bond donors (Lipinski definition) is 1. The van der Waals surface area contributed by atoms with E-state index in [9.17, 15) is 8.42 Å². The van der Waals surface area contributed by atoms with Crippen molar-refractivity contribution in [3.05, 3.63) is 47.8 Å². The van der Waals surface area contributed by atoms with Crippen LogP contribution in [0.5, 0.6) is 0 Å². The molecule has 1 N–H and O–H groups in total. The fourth-order valence-corrected chi connectivity index (χ4v) is 4.88. The predicted octanol–water partition coefficient (Wildman–Crippen LogP) is 3.42. The largest absolute Gasteiger partial charge is 0.352 e. The Morgan fingerprint density at radius 1 is 1.27 bits per heavy atom. The Morgan fingerprint density at radius 3 is 2.43 bits per heavy atom. The molecule has 0 saturated heterocycles. The molecule has 1 unspecified atom stereocenters. The third kappa shape index (κ3) is 6.97. The summed E-state index contributed by atoms with van der Waals surface area (Å²) in [7, 11) is 2.21. The molecule has 0 aliphatic heterocycles.